The predicted octanol–water partition coefficient (Wildman–Crippen LogP) is 3.00. The van der Waals surface area contributed by atoms with Crippen molar-refractivity contribution in [1.82, 2.24) is 0 Å². The molecule has 0 saturated carbocycles. The van der Waals surface area contributed by atoms with Gasteiger partial charge in [-0.2, -0.15) is 0 Å². The molecule has 0 aromatic heterocycles. The highest BCUT2D eigenvalue weighted by atomic mass is 14.3. The fraction of sp³-hybridized carbons (Fsp3) is 0.778. The molecule has 0 atom stereocenters. The smallest absolute Gasteiger partial charge is 0.0135 e. The third-order valence-electron chi connectivity index (χ3n) is 1.98. The Morgan fingerprint density at radius 2 is 1.89 bits per heavy atom. The van der Waals surface area contributed by atoms with E-state index in [1.54, 1.807) is 5.57 Å². The lowest BCUT2D eigenvalue weighted by atomic mass is 9.71. The number of hydrogen-bond acceptors (Lipinski definition) is 0. The Kier molecular flexibility index (Phi) is 1.42. The van der Waals surface area contributed by atoms with Crippen molar-refractivity contribution in [3.8, 4) is 0 Å². The molecule has 0 aliphatic heterocycles. The fourth-order valence-electron chi connectivity index (χ4n) is 1.37. The first-order chi connectivity index (χ1) is 4.01. The van der Waals surface area contributed by atoms with Crippen molar-refractivity contribution < 1.29 is 0 Å². The quantitative estimate of drug-likeness (QED) is 0.471. The molecule has 0 spiro atoms. The molecule has 52 valence electrons. The summed E-state index contributed by atoms with van der Waals surface area (Å²) in [5, 5.41) is 0. The maximum absolute atomic E-state index is 2.40. The Bertz CT molecular complexity index is 138. The minimum atomic E-state index is 0.513. The van der Waals surface area contributed by atoms with E-state index in [2.05, 4.69) is 33.8 Å². The summed E-state index contributed by atoms with van der Waals surface area (Å²) in [6, 6.07) is 0. The lowest BCUT2D eigenvalue weighted by Crippen LogP contribution is -2.21. The largest absolute Gasteiger partial charge is 0.0790 e. The normalized spacial score (nSPS) is 23.4. The molecule has 0 saturated heterocycles. The monoisotopic (exact) mass is 124 g/mol. The molecular weight excluding hydrogens is 108 g/mol. The van der Waals surface area contributed by atoms with Crippen LogP contribution in [0.15, 0.2) is 11.6 Å². The summed E-state index contributed by atoms with van der Waals surface area (Å²) in [6.07, 6.45) is 3.71. The second-order valence-corrected chi connectivity index (χ2v) is 4.04. The first kappa shape index (κ1) is 6.85. The Labute approximate surface area is 58.0 Å². The van der Waals surface area contributed by atoms with Crippen LogP contribution in [0.5, 0.6) is 0 Å². The number of rotatable bonds is 1. The molecule has 1 rings (SSSR count). The van der Waals surface area contributed by atoms with Crippen LogP contribution < -0.4 is 0 Å². The molecular formula is C9H16. The zero-order chi connectivity index (χ0) is 7.07. The van der Waals surface area contributed by atoms with Gasteiger partial charge in [0.25, 0.3) is 0 Å². The van der Waals surface area contributed by atoms with Gasteiger partial charge in [-0.25, -0.2) is 0 Å². The van der Waals surface area contributed by atoms with Gasteiger partial charge in [-0.15, -0.1) is 0 Å². The van der Waals surface area contributed by atoms with E-state index in [0.717, 1.165) is 5.92 Å². The minimum absolute atomic E-state index is 0.513. The van der Waals surface area contributed by atoms with Gasteiger partial charge < -0.3 is 0 Å². The summed E-state index contributed by atoms with van der Waals surface area (Å²) in [4.78, 5) is 0. The highest BCUT2D eigenvalue weighted by molar-refractivity contribution is 5.22. The molecule has 0 amide bonds. The molecule has 0 unspecified atom stereocenters. The van der Waals surface area contributed by atoms with Crippen LogP contribution >= 0.6 is 0 Å². The zero-order valence-electron chi connectivity index (χ0n) is 6.86. The summed E-state index contributed by atoms with van der Waals surface area (Å²) in [5.74, 6) is 0.776. The average molecular weight is 124 g/mol. The van der Waals surface area contributed by atoms with Gasteiger partial charge >= 0.3 is 0 Å². The molecule has 0 heterocycles. The number of allylic oxidation sites excluding steroid dienone is 2. The minimum Gasteiger partial charge on any atom is -0.0790 e. The Hall–Kier alpha value is -0.260. The van der Waals surface area contributed by atoms with Crippen LogP contribution in [0.2, 0.25) is 0 Å². The van der Waals surface area contributed by atoms with Crippen LogP contribution in [-0.2, 0) is 0 Å². The summed E-state index contributed by atoms with van der Waals surface area (Å²) in [6.45, 7) is 9.11. The van der Waals surface area contributed by atoms with Gasteiger partial charge in [0.05, 0.1) is 0 Å². The Balaban J connectivity index is 2.54. The highest BCUT2D eigenvalue weighted by Crippen LogP contribution is 2.40. The van der Waals surface area contributed by atoms with Gasteiger partial charge in [-0.1, -0.05) is 39.3 Å². The van der Waals surface area contributed by atoms with E-state index >= 15 is 0 Å². The second kappa shape index (κ2) is 1.86. The highest BCUT2D eigenvalue weighted by Gasteiger charge is 2.27. The topological polar surface area (TPSA) is 0 Å². The van der Waals surface area contributed by atoms with Crippen molar-refractivity contribution in [3.05, 3.63) is 11.6 Å². The van der Waals surface area contributed by atoms with Gasteiger partial charge in [0.2, 0.25) is 0 Å². The molecule has 9 heavy (non-hydrogen) atoms. The molecule has 1 aliphatic carbocycles. The first-order valence-electron chi connectivity index (χ1n) is 3.73. The van der Waals surface area contributed by atoms with Gasteiger partial charge in [-0.05, 0) is 17.8 Å². The lowest BCUT2D eigenvalue weighted by Gasteiger charge is -2.35. The van der Waals surface area contributed by atoms with E-state index in [4.69, 9.17) is 0 Å². The van der Waals surface area contributed by atoms with Crippen LogP contribution in [0, 0.1) is 11.3 Å². The van der Waals surface area contributed by atoms with Crippen LogP contribution in [0.1, 0.15) is 34.1 Å². The van der Waals surface area contributed by atoms with Crippen molar-refractivity contribution in [2.45, 2.75) is 34.1 Å². The number of hydrogen-bond donors (Lipinski definition) is 0. The summed E-state index contributed by atoms with van der Waals surface area (Å²) < 4.78 is 0. The van der Waals surface area contributed by atoms with Gasteiger partial charge in [0.1, 0.15) is 0 Å². The van der Waals surface area contributed by atoms with E-state index in [1.165, 1.54) is 6.42 Å². The maximum atomic E-state index is 2.40. The van der Waals surface area contributed by atoms with Crippen molar-refractivity contribution >= 4 is 0 Å². The third-order valence-corrected chi connectivity index (χ3v) is 1.98. The predicted molar refractivity (Wildman–Crippen MR) is 41.3 cm³/mol. The molecule has 0 N–H and O–H groups in total. The first-order valence-corrected chi connectivity index (χ1v) is 3.73. The van der Waals surface area contributed by atoms with Gasteiger partial charge in [-0.3, -0.25) is 0 Å². The van der Waals surface area contributed by atoms with E-state index in [0.29, 0.717) is 5.41 Å². The molecule has 0 nitrogen and oxygen atoms in total. The van der Waals surface area contributed by atoms with E-state index in [-0.39, 0.29) is 0 Å². The molecule has 0 bridgehead atoms. The molecule has 0 fully saturated rings. The Morgan fingerprint density at radius 3 is 2.00 bits per heavy atom. The zero-order valence-corrected chi connectivity index (χ0v) is 6.86. The van der Waals surface area contributed by atoms with E-state index < -0.39 is 0 Å². The SMILES string of the molecule is CC(C)C1=CC(C)(C)C1. The molecule has 0 radical (unpaired) electrons. The maximum Gasteiger partial charge on any atom is -0.0135 e. The van der Waals surface area contributed by atoms with Crippen LogP contribution in [0.25, 0.3) is 0 Å². The lowest BCUT2D eigenvalue weighted by molar-refractivity contribution is 0.389. The molecule has 0 aromatic carbocycles. The van der Waals surface area contributed by atoms with Gasteiger partial charge in [0.15, 0.2) is 0 Å². The van der Waals surface area contributed by atoms with Gasteiger partial charge in [0, 0.05) is 0 Å². The Morgan fingerprint density at radius 1 is 1.44 bits per heavy atom. The molecule has 0 aromatic rings. The standard InChI is InChI=1S/C9H16/c1-7(2)8-5-9(3,4)6-8/h5,7H,6H2,1-4H3. The van der Waals surface area contributed by atoms with E-state index in [1.807, 2.05) is 0 Å². The van der Waals surface area contributed by atoms with Crippen molar-refractivity contribution in [3.63, 3.8) is 0 Å². The molecule has 0 heteroatoms. The van der Waals surface area contributed by atoms with E-state index in [9.17, 15) is 0 Å². The fourth-order valence-corrected chi connectivity index (χ4v) is 1.37. The van der Waals surface area contributed by atoms with Crippen molar-refractivity contribution in [2.75, 3.05) is 0 Å². The van der Waals surface area contributed by atoms with Crippen LogP contribution in [0.3, 0.4) is 0 Å². The summed E-state index contributed by atoms with van der Waals surface area (Å²) in [7, 11) is 0. The summed E-state index contributed by atoms with van der Waals surface area (Å²) >= 11 is 0. The summed E-state index contributed by atoms with van der Waals surface area (Å²) in [5.41, 5.74) is 2.15. The van der Waals surface area contributed by atoms with Crippen LogP contribution in [-0.4, -0.2) is 0 Å². The molecule has 1 aliphatic rings. The van der Waals surface area contributed by atoms with Crippen molar-refractivity contribution in [1.29, 1.82) is 0 Å². The second-order valence-electron chi connectivity index (χ2n) is 4.04. The average Bonchev–Trinajstić information content (AvgIpc) is 1.59. The van der Waals surface area contributed by atoms with Crippen LogP contribution in [0.4, 0.5) is 0 Å². The third kappa shape index (κ3) is 1.35. The van der Waals surface area contributed by atoms with Crippen molar-refractivity contribution in [2.24, 2.45) is 11.3 Å².